The Morgan fingerprint density at radius 3 is 2.02 bits per heavy atom. The summed E-state index contributed by atoms with van der Waals surface area (Å²) in [7, 11) is 3.21. The highest BCUT2D eigenvalue weighted by atomic mass is 16.5. The van der Waals surface area contributed by atoms with Gasteiger partial charge in [0.1, 0.15) is 0 Å². The average molecular weight is 680 g/mol. The summed E-state index contributed by atoms with van der Waals surface area (Å²) in [5.41, 5.74) is 4.60. The number of methoxy groups -OCH3 is 2. The molecule has 4 aromatic rings. The summed E-state index contributed by atoms with van der Waals surface area (Å²) in [6.45, 7) is 7.33. The lowest BCUT2D eigenvalue weighted by Gasteiger charge is -2.43. The Balaban J connectivity index is 1.02. The molecule has 12 heteroatoms. The van der Waals surface area contributed by atoms with Gasteiger partial charge < -0.3 is 24.2 Å². The number of benzene rings is 2. The Kier molecular flexibility index (Phi) is 9.71. The van der Waals surface area contributed by atoms with Gasteiger partial charge in [-0.25, -0.2) is 4.98 Å². The van der Waals surface area contributed by atoms with E-state index in [-0.39, 0.29) is 23.6 Å². The molecule has 0 aliphatic carbocycles. The van der Waals surface area contributed by atoms with Gasteiger partial charge in [-0.15, -0.1) is 0 Å². The van der Waals surface area contributed by atoms with Crippen LogP contribution < -0.4 is 9.47 Å². The number of H-pyrrole nitrogens is 1. The third-order valence-electron chi connectivity index (χ3n) is 10.7. The van der Waals surface area contributed by atoms with E-state index in [1.807, 2.05) is 63.2 Å². The van der Waals surface area contributed by atoms with Crippen LogP contribution in [0.4, 0.5) is 0 Å². The third-order valence-corrected chi connectivity index (χ3v) is 10.7. The fourth-order valence-corrected chi connectivity index (χ4v) is 7.67. The molecule has 3 aliphatic heterocycles. The van der Waals surface area contributed by atoms with Crippen molar-refractivity contribution >= 4 is 28.6 Å². The lowest BCUT2D eigenvalue weighted by atomic mass is 9.93. The lowest BCUT2D eigenvalue weighted by molar-refractivity contribution is -0.141. The number of carbonyl (C=O) groups is 3. The van der Waals surface area contributed by atoms with Crippen LogP contribution in [0.1, 0.15) is 43.0 Å². The minimum Gasteiger partial charge on any atom is -0.493 e. The predicted octanol–water partition coefficient (Wildman–Crippen LogP) is 4.32. The van der Waals surface area contributed by atoms with Gasteiger partial charge in [-0.05, 0) is 68.1 Å². The van der Waals surface area contributed by atoms with Crippen LogP contribution >= 0.6 is 0 Å². The van der Waals surface area contributed by atoms with Gasteiger partial charge in [-0.1, -0.05) is 6.07 Å². The minimum atomic E-state index is -0.0179. The lowest BCUT2D eigenvalue weighted by Crippen LogP contribution is -2.55. The quantitative estimate of drug-likeness (QED) is 0.307. The van der Waals surface area contributed by atoms with E-state index in [4.69, 9.17) is 14.5 Å². The van der Waals surface area contributed by atoms with Gasteiger partial charge in [0.15, 0.2) is 11.5 Å². The number of piperazine rings is 1. The summed E-state index contributed by atoms with van der Waals surface area (Å²) >= 11 is 0. The summed E-state index contributed by atoms with van der Waals surface area (Å²) < 4.78 is 11.0. The fraction of sp³-hybridized carbons (Fsp3) is 0.447. The molecule has 262 valence electrons. The summed E-state index contributed by atoms with van der Waals surface area (Å²) in [6.07, 6.45) is 5.17. The maximum absolute atomic E-state index is 14.1. The number of likely N-dealkylation sites (tertiary alicyclic amines) is 2. The van der Waals surface area contributed by atoms with E-state index in [0.29, 0.717) is 60.7 Å². The molecule has 7 rings (SSSR count). The number of carbonyl (C=O) groups excluding carboxylic acids is 3. The molecule has 0 spiro atoms. The molecule has 3 saturated heterocycles. The van der Waals surface area contributed by atoms with E-state index >= 15 is 0 Å². The Hall–Kier alpha value is -4.97. The van der Waals surface area contributed by atoms with E-state index in [1.54, 1.807) is 27.3 Å². The highest BCUT2D eigenvalue weighted by Gasteiger charge is 2.34. The van der Waals surface area contributed by atoms with E-state index in [1.165, 1.54) is 0 Å². The monoisotopic (exact) mass is 679 g/mol. The largest absolute Gasteiger partial charge is 0.493 e. The Morgan fingerprint density at radius 2 is 1.36 bits per heavy atom. The number of aromatic amines is 1. The number of fused-ring (bicyclic) bond motifs is 1. The number of pyridine rings is 1. The Bertz CT molecular complexity index is 1870. The van der Waals surface area contributed by atoms with E-state index in [2.05, 4.69) is 15.1 Å². The number of rotatable bonds is 7. The standard InChI is InChI=1S/C38H45N7O5/c1-25(46)42-12-8-26(9-13-42)37(47)44-14-10-31(11-15-44)43-16-18-45(19-17-43)38(48)29-21-33(27-4-6-32-30(20-27)24-39-41-32)40-34(22-29)28-5-7-35(49-2)36(23-28)50-3/h4-7,20-24,26,31H,8-19H2,1-3H3,(H,39,41). The van der Waals surface area contributed by atoms with Crippen LogP contribution in [0.3, 0.4) is 0 Å². The topological polar surface area (TPSA) is 124 Å². The molecule has 0 bridgehead atoms. The third kappa shape index (κ3) is 6.89. The maximum atomic E-state index is 14.1. The Morgan fingerprint density at radius 1 is 0.720 bits per heavy atom. The van der Waals surface area contributed by atoms with Gasteiger partial charge in [0.25, 0.3) is 5.91 Å². The first-order valence-electron chi connectivity index (χ1n) is 17.6. The number of piperidine rings is 2. The first-order chi connectivity index (χ1) is 24.3. The highest BCUT2D eigenvalue weighted by Crippen LogP contribution is 2.34. The number of nitrogens with one attached hydrogen (secondary N) is 1. The van der Waals surface area contributed by atoms with Crippen LogP contribution in [0.15, 0.2) is 54.7 Å². The molecular weight excluding hydrogens is 634 g/mol. The molecule has 1 N–H and O–H groups in total. The van der Waals surface area contributed by atoms with E-state index < -0.39 is 0 Å². The van der Waals surface area contributed by atoms with Crippen LogP contribution in [0, 0.1) is 5.92 Å². The number of hydrogen-bond donors (Lipinski definition) is 1. The Labute approximate surface area is 292 Å². The van der Waals surface area contributed by atoms with Gasteiger partial charge in [0.05, 0.1) is 37.3 Å². The summed E-state index contributed by atoms with van der Waals surface area (Å²) in [5, 5.41) is 8.12. The zero-order valence-corrected chi connectivity index (χ0v) is 29.1. The molecule has 0 radical (unpaired) electrons. The van der Waals surface area contributed by atoms with Crippen LogP contribution in [0.2, 0.25) is 0 Å². The molecule has 0 saturated carbocycles. The number of hydrogen-bond acceptors (Lipinski definition) is 8. The molecule has 0 atom stereocenters. The van der Waals surface area contributed by atoms with Crippen molar-refractivity contribution < 1.29 is 23.9 Å². The van der Waals surface area contributed by atoms with Crippen molar-refractivity contribution in [1.29, 1.82) is 0 Å². The molecule has 2 aromatic carbocycles. The zero-order valence-electron chi connectivity index (χ0n) is 29.1. The van der Waals surface area contributed by atoms with Crippen LogP contribution in [0.25, 0.3) is 33.4 Å². The SMILES string of the molecule is COc1ccc(-c2cc(C(=O)N3CCN(C4CCN(C(=O)C5CCN(C(C)=O)CC5)CC4)CC3)cc(-c3ccc4[nH]ncc4c3)n2)cc1OC. The average Bonchev–Trinajstić information content (AvgIpc) is 3.65. The smallest absolute Gasteiger partial charge is 0.254 e. The van der Waals surface area contributed by atoms with Gasteiger partial charge in [0.2, 0.25) is 11.8 Å². The molecular formula is C38H45N7O5. The van der Waals surface area contributed by atoms with Crippen molar-refractivity contribution in [3.8, 4) is 34.0 Å². The molecule has 3 amide bonds. The molecule has 2 aromatic heterocycles. The van der Waals surface area contributed by atoms with Gasteiger partial charge in [-0.3, -0.25) is 24.4 Å². The van der Waals surface area contributed by atoms with Crippen LogP contribution in [-0.2, 0) is 9.59 Å². The van der Waals surface area contributed by atoms with Gasteiger partial charge in [-0.2, -0.15) is 5.10 Å². The predicted molar refractivity (Wildman–Crippen MR) is 190 cm³/mol. The molecule has 50 heavy (non-hydrogen) atoms. The van der Waals surface area contributed by atoms with Crippen molar-refractivity contribution in [2.45, 2.75) is 38.6 Å². The molecule has 5 heterocycles. The number of amides is 3. The number of ether oxygens (including phenoxy) is 2. The molecule has 3 aliphatic rings. The first-order valence-corrected chi connectivity index (χ1v) is 17.6. The summed E-state index contributed by atoms with van der Waals surface area (Å²) in [4.78, 5) is 52.4. The van der Waals surface area contributed by atoms with E-state index in [0.717, 1.165) is 73.9 Å². The highest BCUT2D eigenvalue weighted by molar-refractivity contribution is 5.97. The second-order valence-corrected chi connectivity index (χ2v) is 13.5. The number of nitrogens with zero attached hydrogens (tertiary/aromatic N) is 6. The van der Waals surface area contributed by atoms with Crippen molar-refractivity contribution in [1.82, 2.24) is 34.8 Å². The van der Waals surface area contributed by atoms with Gasteiger partial charge in [0, 0.05) is 93.3 Å². The first kappa shape index (κ1) is 33.5. The van der Waals surface area contributed by atoms with Gasteiger partial charge >= 0.3 is 0 Å². The second kappa shape index (κ2) is 14.5. The minimum absolute atomic E-state index is 0.0179. The molecule has 12 nitrogen and oxygen atoms in total. The van der Waals surface area contributed by atoms with Crippen molar-refractivity contribution in [2.24, 2.45) is 5.92 Å². The van der Waals surface area contributed by atoms with Crippen LogP contribution in [0.5, 0.6) is 11.5 Å². The maximum Gasteiger partial charge on any atom is 0.254 e. The normalized spacial score (nSPS) is 18.0. The zero-order chi connectivity index (χ0) is 34.8. The van der Waals surface area contributed by atoms with Crippen LogP contribution in [-0.4, -0.2) is 125 Å². The van der Waals surface area contributed by atoms with E-state index in [9.17, 15) is 14.4 Å². The second-order valence-electron chi connectivity index (χ2n) is 13.5. The molecule has 0 unspecified atom stereocenters. The fourth-order valence-electron chi connectivity index (χ4n) is 7.67. The number of aromatic nitrogens is 3. The molecule has 3 fully saturated rings. The summed E-state index contributed by atoms with van der Waals surface area (Å²) in [5.74, 6) is 1.55. The van der Waals surface area contributed by atoms with Crippen molar-refractivity contribution in [3.63, 3.8) is 0 Å². The van der Waals surface area contributed by atoms with Crippen molar-refractivity contribution in [3.05, 3.63) is 60.3 Å². The van der Waals surface area contributed by atoms with Crippen molar-refractivity contribution in [2.75, 3.05) is 66.6 Å². The summed E-state index contributed by atoms with van der Waals surface area (Å²) in [6, 6.07) is 15.8.